The molecule has 0 fully saturated rings. The van der Waals surface area contributed by atoms with Crippen molar-refractivity contribution >= 4 is 23.1 Å². The Balaban J connectivity index is 1.84. The first-order valence-corrected chi connectivity index (χ1v) is 8.79. The Morgan fingerprint density at radius 1 is 1.21 bits per heavy atom. The smallest absolute Gasteiger partial charge is 0.227 e. The summed E-state index contributed by atoms with van der Waals surface area (Å²) in [6, 6.07) is 16.9. The van der Waals surface area contributed by atoms with Gasteiger partial charge in [0.25, 0.3) is 0 Å². The van der Waals surface area contributed by atoms with Crippen LogP contribution in [0.2, 0.25) is 0 Å². The largest absolute Gasteiger partial charge is 0.497 e. The Morgan fingerprint density at radius 2 is 2.00 bits per heavy atom. The number of benzene rings is 2. The number of nitrogens with two attached hydrogens (primary N) is 1. The standard InChI is InChI=1S/C21H20N4O3/c1-13(26)23-15-5-3-4-14(12-15)20-24-21-18(10-11-28-21)19(22)25(20)16-6-8-17(27-2)9-7-16/h3-12,20H,22H2,1-2H3,(H,23,26). The minimum absolute atomic E-state index is 0.135. The number of nitrogens with one attached hydrogen (secondary N) is 1. The van der Waals surface area contributed by atoms with Crippen LogP contribution in [0.1, 0.15) is 18.7 Å². The van der Waals surface area contributed by atoms with Gasteiger partial charge in [0.1, 0.15) is 11.6 Å². The number of rotatable bonds is 4. The molecular weight excluding hydrogens is 356 g/mol. The third kappa shape index (κ3) is 3.18. The number of carbonyl (C=O) groups excluding carboxylic acids is 1. The first kappa shape index (κ1) is 17.7. The number of anilines is 2. The van der Waals surface area contributed by atoms with Crippen LogP contribution in [0.3, 0.4) is 0 Å². The number of hydrogen-bond donors (Lipinski definition) is 2. The highest BCUT2D eigenvalue weighted by Gasteiger charge is 2.27. The summed E-state index contributed by atoms with van der Waals surface area (Å²) in [6.45, 7) is 1.47. The van der Waals surface area contributed by atoms with E-state index in [9.17, 15) is 4.79 Å². The zero-order chi connectivity index (χ0) is 19.7. The van der Waals surface area contributed by atoms with Crippen molar-refractivity contribution in [3.05, 3.63) is 77.2 Å². The number of ether oxygens (including phenoxy) is 1. The minimum Gasteiger partial charge on any atom is -0.497 e. The second kappa shape index (κ2) is 7.11. The third-order valence-corrected chi connectivity index (χ3v) is 4.52. The number of hydrogen-bond acceptors (Lipinski definition) is 6. The van der Waals surface area contributed by atoms with Gasteiger partial charge >= 0.3 is 0 Å². The number of nitrogens with zero attached hydrogens (tertiary/aromatic N) is 2. The fraction of sp³-hybridized carbons (Fsp3) is 0.143. The summed E-state index contributed by atoms with van der Waals surface area (Å²) in [5, 5.41) is 3.54. The average molecular weight is 376 g/mol. The Kier molecular flexibility index (Phi) is 4.49. The van der Waals surface area contributed by atoms with Gasteiger partial charge in [0, 0.05) is 18.3 Å². The molecule has 0 saturated carbocycles. The quantitative estimate of drug-likeness (QED) is 0.727. The monoisotopic (exact) mass is 376 g/mol. The normalized spacial score (nSPS) is 15.6. The summed E-state index contributed by atoms with van der Waals surface area (Å²) < 4.78 is 10.8. The SMILES string of the molecule is COc1ccc(N2C(N)=c3ccoc3=NC2c2cccc(NC(C)=O)c2)cc1. The molecule has 1 unspecified atom stereocenters. The zero-order valence-corrected chi connectivity index (χ0v) is 15.5. The van der Waals surface area contributed by atoms with Crippen LogP contribution in [0.5, 0.6) is 5.75 Å². The predicted molar refractivity (Wildman–Crippen MR) is 106 cm³/mol. The van der Waals surface area contributed by atoms with Gasteiger partial charge in [0.15, 0.2) is 6.17 Å². The van der Waals surface area contributed by atoms with Gasteiger partial charge in [-0.1, -0.05) is 12.1 Å². The summed E-state index contributed by atoms with van der Waals surface area (Å²) >= 11 is 0. The minimum atomic E-state index is -0.444. The van der Waals surface area contributed by atoms with Gasteiger partial charge in [-0.15, -0.1) is 0 Å². The first-order chi connectivity index (χ1) is 13.6. The predicted octanol–water partition coefficient (Wildman–Crippen LogP) is 2.11. The molecule has 7 heteroatoms. The second-order valence-corrected chi connectivity index (χ2v) is 6.40. The summed E-state index contributed by atoms with van der Waals surface area (Å²) in [4.78, 5) is 18.1. The molecule has 142 valence electrons. The van der Waals surface area contributed by atoms with Crippen molar-refractivity contribution in [2.24, 2.45) is 10.7 Å². The number of furan rings is 1. The van der Waals surface area contributed by atoms with Crippen LogP contribution < -0.4 is 31.5 Å². The molecule has 1 aliphatic rings. The zero-order valence-electron chi connectivity index (χ0n) is 15.5. The molecule has 3 N–H and O–H groups in total. The molecule has 0 spiro atoms. The molecule has 0 bridgehead atoms. The highest BCUT2D eigenvalue weighted by molar-refractivity contribution is 5.88. The molecule has 28 heavy (non-hydrogen) atoms. The van der Waals surface area contributed by atoms with Crippen molar-refractivity contribution < 1.29 is 13.9 Å². The molecule has 0 saturated heterocycles. The molecule has 3 aromatic rings. The lowest BCUT2D eigenvalue weighted by atomic mass is 10.1. The van der Waals surface area contributed by atoms with Crippen molar-refractivity contribution in [2.75, 3.05) is 17.3 Å². The van der Waals surface area contributed by atoms with Gasteiger partial charge in [-0.3, -0.25) is 4.79 Å². The maximum absolute atomic E-state index is 11.4. The molecule has 1 aliphatic heterocycles. The molecule has 0 aliphatic carbocycles. The summed E-state index contributed by atoms with van der Waals surface area (Å²) in [5.74, 6) is 1.16. The van der Waals surface area contributed by atoms with Crippen molar-refractivity contribution in [1.29, 1.82) is 0 Å². The van der Waals surface area contributed by atoms with E-state index in [1.165, 1.54) is 6.92 Å². The first-order valence-electron chi connectivity index (χ1n) is 8.79. The maximum Gasteiger partial charge on any atom is 0.227 e. The number of fused-ring (bicyclic) bond motifs is 1. The van der Waals surface area contributed by atoms with Gasteiger partial charge in [-0.05, 0) is 48.0 Å². The highest BCUT2D eigenvalue weighted by atomic mass is 16.5. The van der Waals surface area contributed by atoms with E-state index in [2.05, 4.69) is 5.32 Å². The Morgan fingerprint density at radius 3 is 2.71 bits per heavy atom. The third-order valence-electron chi connectivity index (χ3n) is 4.52. The summed E-state index contributed by atoms with van der Waals surface area (Å²) in [5.41, 5.74) is 9.41. The fourth-order valence-electron chi connectivity index (χ4n) is 3.25. The number of amides is 1. The van der Waals surface area contributed by atoms with Crippen LogP contribution in [0.15, 0.2) is 70.3 Å². The van der Waals surface area contributed by atoms with E-state index in [0.717, 1.165) is 22.2 Å². The van der Waals surface area contributed by atoms with Crippen molar-refractivity contribution in [2.45, 2.75) is 13.1 Å². The van der Waals surface area contributed by atoms with Gasteiger partial charge in [0.05, 0.1) is 18.6 Å². The van der Waals surface area contributed by atoms with E-state index in [-0.39, 0.29) is 5.91 Å². The highest BCUT2D eigenvalue weighted by Crippen LogP contribution is 2.33. The number of methoxy groups -OCH3 is 1. The van der Waals surface area contributed by atoms with Crippen LogP contribution in [0.25, 0.3) is 5.82 Å². The molecule has 1 amide bonds. The van der Waals surface area contributed by atoms with Crippen LogP contribution in [-0.2, 0) is 4.79 Å². The van der Waals surface area contributed by atoms with E-state index < -0.39 is 6.17 Å². The molecule has 2 heterocycles. The van der Waals surface area contributed by atoms with E-state index in [0.29, 0.717) is 17.1 Å². The van der Waals surface area contributed by atoms with E-state index in [1.807, 2.05) is 53.4 Å². The Hall–Kier alpha value is -3.74. The lowest BCUT2D eigenvalue weighted by Gasteiger charge is -2.33. The van der Waals surface area contributed by atoms with E-state index in [4.69, 9.17) is 19.9 Å². The lowest BCUT2D eigenvalue weighted by molar-refractivity contribution is -0.114. The van der Waals surface area contributed by atoms with Crippen LogP contribution in [0.4, 0.5) is 11.4 Å². The molecule has 1 aromatic heterocycles. The molecule has 0 radical (unpaired) electrons. The Bertz CT molecular complexity index is 1130. The maximum atomic E-state index is 11.4. The molecule has 2 aromatic carbocycles. The fourth-order valence-corrected chi connectivity index (χ4v) is 3.25. The van der Waals surface area contributed by atoms with Crippen LogP contribution >= 0.6 is 0 Å². The second-order valence-electron chi connectivity index (χ2n) is 6.40. The molecule has 7 nitrogen and oxygen atoms in total. The van der Waals surface area contributed by atoms with Crippen LogP contribution in [-0.4, -0.2) is 13.0 Å². The van der Waals surface area contributed by atoms with Crippen molar-refractivity contribution in [1.82, 2.24) is 0 Å². The van der Waals surface area contributed by atoms with Gasteiger partial charge in [0.2, 0.25) is 11.5 Å². The number of carbonyl (C=O) groups is 1. The van der Waals surface area contributed by atoms with Crippen molar-refractivity contribution in [3.8, 4) is 5.75 Å². The van der Waals surface area contributed by atoms with Gasteiger partial charge < -0.3 is 25.1 Å². The average Bonchev–Trinajstić information content (AvgIpc) is 3.17. The van der Waals surface area contributed by atoms with Gasteiger partial charge in [-0.25, -0.2) is 4.99 Å². The summed E-state index contributed by atoms with van der Waals surface area (Å²) in [7, 11) is 1.62. The van der Waals surface area contributed by atoms with Gasteiger partial charge in [-0.2, -0.15) is 0 Å². The topological polar surface area (TPSA) is 93.1 Å². The van der Waals surface area contributed by atoms with Crippen LogP contribution in [0, 0.1) is 0 Å². The Labute approximate surface area is 161 Å². The van der Waals surface area contributed by atoms with E-state index >= 15 is 0 Å². The van der Waals surface area contributed by atoms with Crippen molar-refractivity contribution in [3.63, 3.8) is 0 Å². The summed E-state index contributed by atoms with van der Waals surface area (Å²) in [6.07, 6.45) is 1.13. The lowest BCUT2D eigenvalue weighted by Crippen LogP contribution is -2.43. The van der Waals surface area contributed by atoms with E-state index in [1.54, 1.807) is 19.4 Å². The molecule has 1 atom stereocenters. The molecule has 4 rings (SSSR count). The molecular formula is C21H20N4O3.